The smallest absolute Gasteiger partial charge is 0.222 e. The molecule has 6 heteroatoms. The Balaban J connectivity index is 3.54. The molecular weight excluding hydrogens is 304 g/mol. The van der Waals surface area contributed by atoms with Gasteiger partial charge in [0.05, 0.1) is 6.04 Å². The number of amides is 1. The molecule has 0 bridgehead atoms. The minimum atomic E-state index is -0.565. The lowest BCUT2D eigenvalue weighted by atomic mass is 10.1. The van der Waals surface area contributed by atoms with Gasteiger partial charge in [-0.1, -0.05) is 58.3 Å². The van der Waals surface area contributed by atoms with Crippen LogP contribution in [0.3, 0.4) is 0 Å². The number of rotatable bonds is 16. The second-order valence-corrected chi connectivity index (χ2v) is 6.30. The SMILES string of the molecule is CCCCCCCCCCCC(=O)N[C@@H]([C]=O)CCCNC(=N)N. The molecule has 0 saturated heterocycles. The molecule has 6 nitrogen and oxygen atoms in total. The molecule has 0 unspecified atom stereocenters. The molecule has 1 radical (unpaired) electrons. The monoisotopic (exact) mass is 339 g/mol. The highest BCUT2D eigenvalue weighted by atomic mass is 16.2. The second-order valence-electron chi connectivity index (χ2n) is 6.30. The fourth-order valence-corrected chi connectivity index (χ4v) is 2.55. The number of guanidine groups is 1. The predicted octanol–water partition coefficient (Wildman–Crippen LogP) is 2.77. The number of hydrogen-bond donors (Lipinski definition) is 4. The third-order valence-electron chi connectivity index (χ3n) is 3.97. The highest BCUT2D eigenvalue weighted by molar-refractivity contribution is 5.79. The molecule has 0 rings (SSSR count). The molecule has 1 amide bonds. The van der Waals surface area contributed by atoms with Crippen LogP contribution in [0, 0.1) is 5.41 Å². The van der Waals surface area contributed by atoms with Gasteiger partial charge in [-0.15, -0.1) is 0 Å². The molecule has 0 aromatic rings. The maximum atomic E-state index is 11.8. The van der Waals surface area contributed by atoms with Gasteiger partial charge in [-0.25, -0.2) is 0 Å². The van der Waals surface area contributed by atoms with E-state index in [2.05, 4.69) is 17.6 Å². The van der Waals surface area contributed by atoms with Gasteiger partial charge in [0.1, 0.15) is 0 Å². The van der Waals surface area contributed by atoms with Crippen LogP contribution in [0.2, 0.25) is 0 Å². The van der Waals surface area contributed by atoms with Gasteiger partial charge in [0.2, 0.25) is 12.2 Å². The van der Waals surface area contributed by atoms with Crippen LogP contribution in [0.1, 0.15) is 84.0 Å². The molecule has 139 valence electrons. The van der Waals surface area contributed by atoms with Crippen LogP contribution in [-0.2, 0) is 9.59 Å². The summed E-state index contributed by atoms with van der Waals surface area (Å²) in [6.45, 7) is 2.74. The van der Waals surface area contributed by atoms with Gasteiger partial charge in [0.15, 0.2) is 5.96 Å². The first-order valence-corrected chi connectivity index (χ1v) is 9.35. The summed E-state index contributed by atoms with van der Waals surface area (Å²) in [4.78, 5) is 22.7. The van der Waals surface area contributed by atoms with Crippen LogP contribution >= 0.6 is 0 Å². The van der Waals surface area contributed by atoms with Gasteiger partial charge in [-0.05, 0) is 19.3 Å². The van der Waals surface area contributed by atoms with E-state index >= 15 is 0 Å². The van der Waals surface area contributed by atoms with E-state index in [-0.39, 0.29) is 11.9 Å². The van der Waals surface area contributed by atoms with Gasteiger partial charge in [-0.3, -0.25) is 15.0 Å². The van der Waals surface area contributed by atoms with Crippen molar-refractivity contribution in [2.45, 2.75) is 90.0 Å². The second kappa shape index (κ2) is 16.3. The van der Waals surface area contributed by atoms with E-state index in [1.807, 2.05) is 6.29 Å². The molecule has 5 N–H and O–H groups in total. The summed E-state index contributed by atoms with van der Waals surface area (Å²) in [7, 11) is 0. The maximum absolute atomic E-state index is 11.8. The zero-order chi connectivity index (χ0) is 18.0. The molecule has 0 heterocycles. The van der Waals surface area contributed by atoms with Crippen LogP contribution in [0.25, 0.3) is 0 Å². The summed E-state index contributed by atoms with van der Waals surface area (Å²) in [6, 6.07) is -0.565. The Hall–Kier alpha value is -1.59. The number of nitrogens with two attached hydrogens (primary N) is 1. The lowest BCUT2D eigenvalue weighted by Gasteiger charge is -2.12. The zero-order valence-electron chi connectivity index (χ0n) is 15.2. The molecule has 0 spiro atoms. The molecule has 0 aliphatic rings. The molecule has 0 fully saturated rings. The Bertz CT molecular complexity index is 348. The van der Waals surface area contributed by atoms with Gasteiger partial charge >= 0.3 is 0 Å². The summed E-state index contributed by atoms with van der Waals surface area (Å²) >= 11 is 0. The predicted molar refractivity (Wildman–Crippen MR) is 98.6 cm³/mol. The van der Waals surface area contributed by atoms with E-state index in [1.54, 1.807) is 0 Å². The first kappa shape index (κ1) is 22.4. The van der Waals surface area contributed by atoms with Crippen LogP contribution in [-0.4, -0.2) is 30.7 Å². The quantitative estimate of drug-likeness (QED) is 0.197. The van der Waals surface area contributed by atoms with Crippen molar-refractivity contribution in [3.05, 3.63) is 0 Å². The minimum absolute atomic E-state index is 0.0779. The first-order valence-electron chi connectivity index (χ1n) is 9.35. The van der Waals surface area contributed by atoms with Crippen molar-refractivity contribution in [3.8, 4) is 0 Å². The Morgan fingerprint density at radius 1 is 1.04 bits per heavy atom. The number of carbonyl (C=O) groups is 1. The normalized spacial score (nSPS) is 11.7. The Morgan fingerprint density at radius 3 is 2.17 bits per heavy atom. The number of unbranched alkanes of at least 4 members (excludes halogenated alkanes) is 8. The van der Waals surface area contributed by atoms with E-state index in [1.165, 1.54) is 44.9 Å². The molecule has 24 heavy (non-hydrogen) atoms. The number of hydrogen-bond acceptors (Lipinski definition) is 3. The number of nitrogens with one attached hydrogen (secondary N) is 3. The fraction of sp³-hybridized carbons (Fsp3) is 0.833. The Morgan fingerprint density at radius 2 is 1.62 bits per heavy atom. The fourth-order valence-electron chi connectivity index (χ4n) is 2.55. The van der Waals surface area contributed by atoms with Crippen molar-refractivity contribution in [2.75, 3.05) is 6.54 Å². The van der Waals surface area contributed by atoms with Crippen LogP contribution in [0.15, 0.2) is 0 Å². The molecular formula is C18H35N4O2. The van der Waals surface area contributed by atoms with E-state index in [0.29, 0.717) is 25.8 Å². The van der Waals surface area contributed by atoms with Crippen molar-refractivity contribution in [2.24, 2.45) is 5.73 Å². The van der Waals surface area contributed by atoms with E-state index in [0.717, 1.165) is 12.8 Å². The summed E-state index contributed by atoms with van der Waals surface area (Å²) in [5.41, 5.74) is 5.17. The topological polar surface area (TPSA) is 108 Å². The highest BCUT2D eigenvalue weighted by Crippen LogP contribution is 2.10. The van der Waals surface area contributed by atoms with Crippen molar-refractivity contribution >= 4 is 18.2 Å². The highest BCUT2D eigenvalue weighted by Gasteiger charge is 2.11. The molecule has 1 atom stereocenters. The van der Waals surface area contributed by atoms with Crippen molar-refractivity contribution in [1.82, 2.24) is 10.6 Å². The Kier molecular flexibility index (Phi) is 15.2. The molecule has 0 aromatic heterocycles. The van der Waals surface area contributed by atoms with Crippen LogP contribution < -0.4 is 16.4 Å². The van der Waals surface area contributed by atoms with E-state index in [4.69, 9.17) is 11.1 Å². The summed E-state index contributed by atoms with van der Waals surface area (Å²) in [5.74, 6) is -0.165. The van der Waals surface area contributed by atoms with E-state index < -0.39 is 6.04 Å². The summed E-state index contributed by atoms with van der Waals surface area (Å²) in [5, 5.41) is 12.4. The number of carbonyl (C=O) groups excluding carboxylic acids is 2. The first-order chi connectivity index (χ1) is 11.6. The average molecular weight is 340 g/mol. The zero-order valence-corrected chi connectivity index (χ0v) is 15.2. The van der Waals surface area contributed by atoms with Crippen LogP contribution in [0.4, 0.5) is 0 Å². The summed E-state index contributed by atoms with van der Waals surface area (Å²) in [6.07, 6.45) is 14.4. The van der Waals surface area contributed by atoms with Gasteiger partial charge in [0, 0.05) is 13.0 Å². The largest absolute Gasteiger partial charge is 0.370 e. The lowest BCUT2D eigenvalue weighted by molar-refractivity contribution is -0.121. The van der Waals surface area contributed by atoms with Crippen molar-refractivity contribution in [3.63, 3.8) is 0 Å². The van der Waals surface area contributed by atoms with E-state index in [9.17, 15) is 9.59 Å². The van der Waals surface area contributed by atoms with Gasteiger partial charge in [-0.2, -0.15) is 0 Å². The van der Waals surface area contributed by atoms with Crippen molar-refractivity contribution in [1.29, 1.82) is 5.41 Å². The summed E-state index contributed by atoms with van der Waals surface area (Å²) < 4.78 is 0. The molecule has 0 aliphatic heterocycles. The lowest BCUT2D eigenvalue weighted by Crippen LogP contribution is -2.37. The third-order valence-corrected chi connectivity index (χ3v) is 3.97. The minimum Gasteiger partial charge on any atom is -0.370 e. The Labute approximate surface area is 146 Å². The third kappa shape index (κ3) is 15.3. The van der Waals surface area contributed by atoms with Crippen LogP contribution in [0.5, 0.6) is 0 Å². The molecule has 0 saturated carbocycles. The van der Waals surface area contributed by atoms with Crippen molar-refractivity contribution < 1.29 is 9.59 Å². The standard InChI is InChI=1S/C18H35N4O2/c1-2-3-4-5-6-7-8-9-10-13-17(24)22-16(15-23)12-11-14-21-18(19)20/h16H,2-14H2,1H3,(H,22,24)(H4,19,20,21)/t16-/m1/s1. The maximum Gasteiger partial charge on any atom is 0.222 e. The molecule has 0 aromatic carbocycles. The molecule has 0 aliphatic carbocycles. The average Bonchev–Trinajstić information content (AvgIpc) is 2.55. The van der Waals surface area contributed by atoms with Gasteiger partial charge < -0.3 is 16.4 Å². The van der Waals surface area contributed by atoms with Gasteiger partial charge in [0.25, 0.3) is 0 Å².